The zero-order valence-electron chi connectivity index (χ0n) is 10.4. The molecule has 2 N–H and O–H groups in total. The van der Waals surface area contributed by atoms with Crippen molar-refractivity contribution in [3.63, 3.8) is 0 Å². The van der Waals surface area contributed by atoms with E-state index in [1.807, 2.05) is 6.92 Å². The predicted octanol–water partition coefficient (Wildman–Crippen LogP) is 2.09. The minimum Gasteiger partial charge on any atom is -0.481 e. The van der Waals surface area contributed by atoms with Crippen LogP contribution in [-0.4, -0.2) is 27.9 Å². The van der Waals surface area contributed by atoms with Crippen molar-refractivity contribution in [1.82, 2.24) is 0 Å². The lowest BCUT2D eigenvalue weighted by atomic mass is 9.76. The number of carboxylic acids is 2. The second kappa shape index (κ2) is 7.04. The van der Waals surface area contributed by atoms with Crippen LogP contribution in [0, 0.1) is 5.41 Å². The van der Waals surface area contributed by atoms with Crippen molar-refractivity contribution in [2.45, 2.75) is 52.4 Å². The maximum atomic E-state index is 11.9. The molecule has 0 saturated heterocycles. The predicted molar refractivity (Wildman–Crippen MR) is 61.8 cm³/mol. The molecule has 0 heterocycles. The van der Waals surface area contributed by atoms with E-state index in [9.17, 15) is 14.4 Å². The molecule has 1 atom stereocenters. The van der Waals surface area contributed by atoms with Gasteiger partial charge in [0.2, 0.25) is 0 Å². The van der Waals surface area contributed by atoms with Crippen LogP contribution in [0.5, 0.6) is 0 Å². The molecule has 0 saturated carbocycles. The number of carbonyl (C=O) groups is 3. The Morgan fingerprint density at radius 2 is 1.65 bits per heavy atom. The number of unbranched alkanes of at least 4 members (excludes halogenated alkanes) is 2. The summed E-state index contributed by atoms with van der Waals surface area (Å²) in [5, 5.41) is 17.8. The van der Waals surface area contributed by atoms with Crippen molar-refractivity contribution in [2.24, 2.45) is 5.41 Å². The molecule has 0 spiro atoms. The maximum absolute atomic E-state index is 11.9. The number of carbonyl (C=O) groups excluding carboxylic acids is 1. The van der Waals surface area contributed by atoms with Crippen LogP contribution in [0.3, 0.4) is 0 Å². The summed E-state index contributed by atoms with van der Waals surface area (Å²) in [7, 11) is 0. The number of Topliss-reactive ketones (excluding diaryl/α,β-unsaturated/α-hetero) is 1. The van der Waals surface area contributed by atoms with Crippen molar-refractivity contribution in [3.05, 3.63) is 0 Å². The van der Waals surface area contributed by atoms with Gasteiger partial charge < -0.3 is 10.2 Å². The highest BCUT2D eigenvalue weighted by Crippen LogP contribution is 2.30. The Morgan fingerprint density at radius 1 is 1.06 bits per heavy atom. The van der Waals surface area contributed by atoms with Gasteiger partial charge in [0, 0.05) is 6.42 Å². The molecule has 0 aliphatic heterocycles. The van der Waals surface area contributed by atoms with Gasteiger partial charge in [0.1, 0.15) is 5.41 Å². The zero-order valence-corrected chi connectivity index (χ0v) is 10.4. The van der Waals surface area contributed by atoms with Gasteiger partial charge in [-0.05, 0) is 12.8 Å². The van der Waals surface area contributed by atoms with E-state index in [-0.39, 0.29) is 12.8 Å². The Hall–Kier alpha value is -1.39. The average Bonchev–Trinajstić information content (AvgIpc) is 2.25. The number of hydrogen-bond acceptors (Lipinski definition) is 3. The van der Waals surface area contributed by atoms with Gasteiger partial charge in [-0.15, -0.1) is 0 Å². The first-order valence-electron chi connectivity index (χ1n) is 5.89. The van der Waals surface area contributed by atoms with Gasteiger partial charge in [-0.25, -0.2) is 0 Å². The van der Waals surface area contributed by atoms with E-state index in [0.717, 1.165) is 12.8 Å². The fourth-order valence-corrected chi connectivity index (χ4v) is 1.80. The molecule has 5 heteroatoms. The van der Waals surface area contributed by atoms with E-state index >= 15 is 0 Å². The lowest BCUT2D eigenvalue weighted by molar-refractivity contribution is -0.161. The Labute approximate surface area is 101 Å². The highest BCUT2D eigenvalue weighted by molar-refractivity contribution is 6.05. The highest BCUT2D eigenvalue weighted by atomic mass is 16.4. The van der Waals surface area contributed by atoms with Crippen molar-refractivity contribution >= 4 is 17.7 Å². The summed E-state index contributed by atoms with van der Waals surface area (Å²) in [6.07, 6.45) is 1.91. The minimum atomic E-state index is -1.75. The Morgan fingerprint density at radius 3 is 2.00 bits per heavy atom. The van der Waals surface area contributed by atoms with E-state index in [2.05, 4.69) is 0 Å². The number of rotatable bonds is 9. The van der Waals surface area contributed by atoms with E-state index in [1.165, 1.54) is 6.92 Å². The highest BCUT2D eigenvalue weighted by Gasteiger charge is 2.45. The second-order valence-electron chi connectivity index (χ2n) is 4.19. The molecule has 0 aliphatic carbocycles. The molecular formula is C12H20O5. The molecule has 0 amide bonds. The summed E-state index contributed by atoms with van der Waals surface area (Å²) in [5.41, 5.74) is -1.75. The molecule has 17 heavy (non-hydrogen) atoms. The van der Waals surface area contributed by atoms with E-state index in [4.69, 9.17) is 10.2 Å². The summed E-state index contributed by atoms with van der Waals surface area (Å²) >= 11 is 0. The van der Waals surface area contributed by atoms with E-state index < -0.39 is 29.6 Å². The lowest BCUT2D eigenvalue weighted by Crippen LogP contribution is -2.40. The number of ketones is 1. The van der Waals surface area contributed by atoms with Gasteiger partial charge >= 0.3 is 11.9 Å². The molecule has 0 rings (SSSR count). The van der Waals surface area contributed by atoms with Crippen LogP contribution < -0.4 is 0 Å². The molecule has 98 valence electrons. The largest absolute Gasteiger partial charge is 0.481 e. The SMILES string of the molecule is CCCCCC(=O)C(CC)(CC(=O)O)C(=O)O. The van der Waals surface area contributed by atoms with Crippen molar-refractivity contribution in [1.29, 1.82) is 0 Å². The third-order valence-corrected chi connectivity index (χ3v) is 3.01. The van der Waals surface area contributed by atoms with Gasteiger partial charge in [-0.3, -0.25) is 14.4 Å². The number of hydrogen-bond donors (Lipinski definition) is 2. The van der Waals surface area contributed by atoms with Crippen LogP contribution in [-0.2, 0) is 14.4 Å². The van der Waals surface area contributed by atoms with Gasteiger partial charge in [-0.1, -0.05) is 26.7 Å². The minimum absolute atomic E-state index is 0.0135. The monoisotopic (exact) mass is 244 g/mol. The summed E-state index contributed by atoms with van der Waals surface area (Å²) in [4.78, 5) is 33.8. The Kier molecular flexibility index (Phi) is 6.46. The quantitative estimate of drug-likeness (QED) is 0.478. The van der Waals surface area contributed by atoms with E-state index in [0.29, 0.717) is 6.42 Å². The molecule has 0 bridgehead atoms. The molecule has 0 radical (unpaired) electrons. The molecule has 5 nitrogen and oxygen atoms in total. The lowest BCUT2D eigenvalue weighted by Gasteiger charge is -2.24. The number of carboxylic acid groups (broad SMARTS) is 2. The van der Waals surface area contributed by atoms with Crippen LogP contribution in [0.1, 0.15) is 52.4 Å². The van der Waals surface area contributed by atoms with Crippen molar-refractivity contribution < 1.29 is 24.6 Å². The summed E-state index contributed by atoms with van der Waals surface area (Å²) in [6.45, 7) is 3.51. The van der Waals surface area contributed by atoms with Gasteiger partial charge in [0.05, 0.1) is 6.42 Å². The molecule has 0 aromatic carbocycles. The standard InChI is InChI=1S/C12H20O5/c1-3-5-6-7-9(13)12(4-2,11(16)17)8-10(14)15/h3-8H2,1-2H3,(H,14,15)(H,16,17). The number of aliphatic carboxylic acids is 2. The average molecular weight is 244 g/mol. The topological polar surface area (TPSA) is 91.7 Å². The van der Waals surface area contributed by atoms with Gasteiger partial charge in [0.15, 0.2) is 5.78 Å². The fourth-order valence-electron chi connectivity index (χ4n) is 1.80. The third kappa shape index (κ3) is 4.17. The summed E-state index contributed by atoms with van der Waals surface area (Å²) in [6, 6.07) is 0. The molecular weight excluding hydrogens is 224 g/mol. The molecule has 0 fully saturated rings. The Bertz CT molecular complexity index is 297. The van der Waals surface area contributed by atoms with Gasteiger partial charge in [-0.2, -0.15) is 0 Å². The second-order valence-corrected chi connectivity index (χ2v) is 4.19. The van der Waals surface area contributed by atoms with Crippen molar-refractivity contribution in [2.75, 3.05) is 0 Å². The zero-order chi connectivity index (χ0) is 13.5. The molecule has 0 aromatic heterocycles. The first-order valence-corrected chi connectivity index (χ1v) is 5.89. The normalized spacial score (nSPS) is 14.0. The van der Waals surface area contributed by atoms with Crippen LogP contribution in [0.25, 0.3) is 0 Å². The van der Waals surface area contributed by atoms with Gasteiger partial charge in [0.25, 0.3) is 0 Å². The fraction of sp³-hybridized carbons (Fsp3) is 0.750. The molecule has 1 unspecified atom stereocenters. The van der Waals surface area contributed by atoms with E-state index in [1.54, 1.807) is 0 Å². The third-order valence-electron chi connectivity index (χ3n) is 3.01. The smallest absolute Gasteiger partial charge is 0.317 e. The Balaban J connectivity index is 4.83. The van der Waals surface area contributed by atoms with Crippen LogP contribution >= 0.6 is 0 Å². The summed E-state index contributed by atoms with van der Waals surface area (Å²) < 4.78 is 0. The van der Waals surface area contributed by atoms with Crippen LogP contribution in [0.15, 0.2) is 0 Å². The van der Waals surface area contributed by atoms with Crippen molar-refractivity contribution in [3.8, 4) is 0 Å². The van der Waals surface area contributed by atoms with Crippen LogP contribution in [0.2, 0.25) is 0 Å². The first kappa shape index (κ1) is 15.6. The summed E-state index contributed by atoms with van der Waals surface area (Å²) in [5.74, 6) is -3.05. The first-order chi connectivity index (χ1) is 7.90. The molecule has 0 aromatic rings. The molecule has 0 aliphatic rings. The maximum Gasteiger partial charge on any atom is 0.317 e. The van der Waals surface area contributed by atoms with Crippen LogP contribution in [0.4, 0.5) is 0 Å².